The van der Waals surface area contributed by atoms with Gasteiger partial charge in [0.1, 0.15) is 5.82 Å². The summed E-state index contributed by atoms with van der Waals surface area (Å²) < 4.78 is 2.21. The van der Waals surface area contributed by atoms with Crippen molar-refractivity contribution in [1.29, 1.82) is 0 Å². The largest absolute Gasteiger partial charge is 0.361 e. The average Bonchev–Trinajstić information content (AvgIpc) is 3.68. The zero-order valence-electron chi connectivity index (χ0n) is 24.9. The van der Waals surface area contributed by atoms with Crippen LogP contribution in [0.4, 0.5) is 0 Å². The van der Waals surface area contributed by atoms with Crippen molar-refractivity contribution in [3.63, 3.8) is 0 Å². The van der Waals surface area contributed by atoms with Crippen LogP contribution in [0.25, 0.3) is 21.7 Å². The molecule has 0 bridgehead atoms. The first kappa shape index (κ1) is 28.2. The Morgan fingerprint density at radius 3 is 2.40 bits per heavy atom. The molecule has 0 radical (unpaired) electrons. The maximum atomic E-state index is 13.5. The van der Waals surface area contributed by atoms with Gasteiger partial charge in [-0.05, 0) is 52.1 Å². The molecular weight excluding hydrogens is 556 g/mol. The summed E-state index contributed by atoms with van der Waals surface area (Å²) in [6, 6.07) is 38.8. The van der Waals surface area contributed by atoms with Crippen molar-refractivity contribution in [3.8, 4) is 0 Å². The lowest BCUT2D eigenvalue weighted by molar-refractivity contribution is -0.121. The fourth-order valence-electron chi connectivity index (χ4n) is 6.11. The van der Waals surface area contributed by atoms with Crippen LogP contribution >= 0.6 is 0 Å². The van der Waals surface area contributed by atoms with Crippen molar-refractivity contribution >= 4 is 27.6 Å². The summed E-state index contributed by atoms with van der Waals surface area (Å²) in [7, 11) is 0. The predicted molar refractivity (Wildman–Crippen MR) is 178 cm³/mol. The van der Waals surface area contributed by atoms with E-state index in [4.69, 9.17) is 10.2 Å². The number of carbonyl (C=O) groups excluding carboxylic acids is 1. The molecule has 0 aliphatic heterocycles. The number of para-hydroxylation sites is 1. The van der Waals surface area contributed by atoms with Gasteiger partial charge in [0.15, 0.2) is 5.82 Å². The van der Waals surface area contributed by atoms with Gasteiger partial charge < -0.3 is 14.9 Å². The number of benzene rings is 4. The molecule has 7 rings (SSSR count). The van der Waals surface area contributed by atoms with E-state index in [1.54, 1.807) is 6.20 Å². The van der Waals surface area contributed by atoms with E-state index in [0.29, 0.717) is 13.0 Å². The molecule has 3 aromatic heterocycles. The van der Waals surface area contributed by atoms with Gasteiger partial charge in [-0.1, -0.05) is 97.1 Å². The molecule has 0 fully saturated rings. The number of hydrogen-bond acceptors (Lipinski definition) is 4. The summed E-state index contributed by atoms with van der Waals surface area (Å²) in [4.78, 5) is 21.3. The molecule has 0 unspecified atom stereocenters. The molecular formula is C38H34N6O. The minimum atomic E-state index is -0.409. The molecule has 1 amide bonds. The van der Waals surface area contributed by atoms with E-state index < -0.39 is 6.04 Å². The number of aromatic amines is 1. The highest BCUT2D eigenvalue weighted by Gasteiger charge is 2.25. The Morgan fingerprint density at radius 2 is 1.53 bits per heavy atom. The number of nitrogens with one attached hydrogen (secondary N) is 2. The molecule has 45 heavy (non-hydrogen) atoms. The van der Waals surface area contributed by atoms with E-state index in [0.717, 1.165) is 46.7 Å². The third-order valence-electron chi connectivity index (χ3n) is 8.36. The lowest BCUT2D eigenvalue weighted by Gasteiger charge is -2.21. The first-order chi connectivity index (χ1) is 22.2. The van der Waals surface area contributed by atoms with Crippen molar-refractivity contribution in [2.24, 2.45) is 0 Å². The van der Waals surface area contributed by atoms with E-state index in [2.05, 4.69) is 98.7 Å². The lowest BCUT2D eigenvalue weighted by Crippen LogP contribution is -2.33. The van der Waals surface area contributed by atoms with Gasteiger partial charge in [-0.25, -0.2) is 0 Å². The average molecular weight is 591 g/mol. The zero-order chi connectivity index (χ0) is 30.4. The Balaban J connectivity index is 1.28. The van der Waals surface area contributed by atoms with E-state index in [1.807, 2.05) is 42.6 Å². The monoisotopic (exact) mass is 590 g/mol. The molecule has 2 N–H and O–H groups in total. The number of rotatable bonds is 11. The van der Waals surface area contributed by atoms with Crippen LogP contribution in [-0.4, -0.2) is 30.6 Å². The smallest absolute Gasteiger partial charge is 0.226 e. The number of carbonyl (C=O) groups is 1. The molecule has 0 aliphatic rings. The van der Waals surface area contributed by atoms with Crippen molar-refractivity contribution < 1.29 is 4.79 Å². The minimum absolute atomic E-state index is 0.107. The number of hydrogen-bond donors (Lipinski definition) is 2. The quantitative estimate of drug-likeness (QED) is 0.174. The van der Waals surface area contributed by atoms with Crippen molar-refractivity contribution in [3.05, 3.63) is 162 Å². The normalized spacial score (nSPS) is 12.0. The van der Waals surface area contributed by atoms with Gasteiger partial charge in [0.25, 0.3) is 0 Å². The minimum Gasteiger partial charge on any atom is -0.361 e. The summed E-state index contributed by atoms with van der Waals surface area (Å²) in [5.41, 5.74) is 5.33. The van der Waals surface area contributed by atoms with Crippen LogP contribution in [0.5, 0.6) is 0 Å². The van der Waals surface area contributed by atoms with Crippen molar-refractivity contribution in [1.82, 2.24) is 30.0 Å². The second kappa shape index (κ2) is 13.0. The van der Waals surface area contributed by atoms with Gasteiger partial charge in [-0.2, -0.15) is 0 Å². The fourth-order valence-corrected chi connectivity index (χ4v) is 6.11. The molecule has 7 heteroatoms. The number of H-pyrrole nitrogens is 1. The number of aryl methyl sites for hydroxylation is 2. The Kier molecular flexibility index (Phi) is 8.14. The second-order valence-electron chi connectivity index (χ2n) is 11.4. The van der Waals surface area contributed by atoms with E-state index in [-0.39, 0.29) is 12.3 Å². The Labute approximate surface area is 262 Å². The molecule has 0 spiro atoms. The fraction of sp³-hybridized carbons (Fsp3) is 0.158. The SMILES string of the molecule is O=C(Cc1ccccn1)N[C@H](Cc1c[nH]c2ccccc12)c1nnc(CCc2ccccc2)n1Cc1cccc2ccccc12. The summed E-state index contributed by atoms with van der Waals surface area (Å²) in [6.45, 7) is 0.592. The molecule has 1 atom stereocenters. The van der Waals surface area contributed by atoms with Crippen LogP contribution in [0.1, 0.15) is 40.1 Å². The Bertz CT molecular complexity index is 2040. The molecule has 0 saturated heterocycles. The molecule has 222 valence electrons. The highest BCUT2D eigenvalue weighted by molar-refractivity contribution is 5.86. The van der Waals surface area contributed by atoms with Gasteiger partial charge in [-0.3, -0.25) is 9.78 Å². The van der Waals surface area contributed by atoms with Crippen LogP contribution in [0, 0.1) is 0 Å². The summed E-state index contributed by atoms with van der Waals surface area (Å²) in [6.07, 6.45) is 6.06. The number of nitrogens with zero attached hydrogens (tertiary/aromatic N) is 4. The standard InChI is InChI=1S/C38H34N6O/c45-37(24-31-16-8-9-22-39-31)41-35(23-30-25-40-34-19-7-6-18-33(30)34)38-43-42-36(21-20-27-11-2-1-3-12-27)44(38)26-29-15-10-14-28-13-4-5-17-32(28)29/h1-19,22,25,35,40H,20-21,23-24,26H2,(H,41,45)/t35-/m1/s1. The molecule has 0 aliphatic carbocycles. The lowest BCUT2D eigenvalue weighted by atomic mass is 10.0. The van der Waals surface area contributed by atoms with Crippen molar-refractivity contribution in [2.75, 3.05) is 0 Å². The van der Waals surface area contributed by atoms with Crippen LogP contribution in [-0.2, 0) is 37.0 Å². The Hall–Kier alpha value is -5.56. The molecule has 0 saturated carbocycles. The first-order valence-electron chi connectivity index (χ1n) is 15.4. The van der Waals surface area contributed by atoms with E-state index >= 15 is 0 Å². The van der Waals surface area contributed by atoms with Gasteiger partial charge in [0.05, 0.1) is 19.0 Å². The third kappa shape index (κ3) is 6.38. The topological polar surface area (TPSA) is 88.5 Å². The highest BCUT2D eigenvalue weighted by Crippen LogP contribution is 2.27. The maximum Gasteiger partial charge on any atom is 0.226 e. The molecule has 7 aromatic rings. The molecule has 7 nitrogen and oxygen atoms in total. The van der Waals surface area contributed by atoms with Crippen LogP contribution < -0.4 is 5.32 Å². The zero-order valence-corrected chi connectivity index (χ0v) is 24.9. The van der Waals surface area contributed by atoms with Gasteiger partial charge in [0, 0.05) is 41.8 Å². The number of fused-ring (bicyclic) bond motifs is 2. The van der Waals surface area contributed by atoms with E-state index in [1.165, 1.54) is 21.9 Å². The molecule has 4 aromatic carbocycles. The summed E-state index contributed by atoms with van der Waals surface area (Å²) >= 11 is 0. The predicted octanol–water partition coefficient (Wildman–Crippen LogP) is 6.78. The van der Waals surface area contributed by atoms with E-state index in [9.17, 15) is 4.79 Å². The summed E-state index contributed by atoms with van der Waals surface area (Å²) in [5.74, 6) is 1.53. The molecule has 3 heterocycles. The van der Waals surface area contributed by atoms with Crippen molar-refractivity contribution in [2.45, 2.75) is 38.3 Å². The Morgan fingerprint density at radius 1 is 0.756 bits per heavy atom. The van der Waals surface area contributed by atoms with Gasteiger partial charge in [-0.15, -0.1) is 10.2 Å². The van der Waals surface area contributed by atoms with Crippen LogP contribution in [0.2, 0.25) is 0 Å². The summed E-state index contributed by atoms with van der Waals surface area (Å²) in [5, 5.41) is 16.4. The second-order valence-corrected chi connectivity index (χ2v) is 11.4. The number of amides is 1. The number of aromatic nitrogens is 5. The first-order valence-corrected chi connectivity index (χ1v) is 15.4. The van der Waals surface area contributed by atoms with Gasteiger partial charge in [0.2, 0.25) is 5.91 Å². The van der Waals surface area contributed by atoms with Gasteiger partial charge >= 0.3 is 0 Å². The number of pyridine rings is 1. The maximum absolute atomic E-state index is 13.5. The highest BCUT2D eigenvalue weighted by atomic mass is 16.1. The van der Waals surface area contributed by atoms with Crippen LogP contribution in [0.3, 0.4) is 0 Å². The van der Waals surface area contributed by atoms with Crippen LogP contribution in [0.15, 0.2) is 128 Å². The third-order valence-corrected chi connectivity index (χ3v) is 8.36.